The minimum absolute atomic E-state index is 0.0954. The summed E-state index contributed by atoms with van der Waals surface area (Å²) < 4.78 is 1.01. The molecule has 0 aliphatic heterocycles. The molecule has 0 saturated heterocycles. The van der Waals surface area contributed by atoms with E-state index in [9.17, 15) is 4.79 Å². The Bertz CT molecular complexity index is 1010. The number of fused-ring (bicyclic) bond motifs is 1. The van der Waals surface area contributed by atoms with Gasteiger partial charge in [0.15, 0.2) is 5.13 Å². The van der Waals surface area contributed by atoms with E-state index in [0.717, 1.165) is 38.8 Å². The Morgan fingerprint density at radius 3 is 2.53 bits per heavy atom. The molecule has 160 valence electrons. The third-order valence-electron chi connectivity index (χ3n) is 4.56. The number of thioether (sulfide) groups is 1. The highest BCUT2D eigenvalue weighted by Gasteiger charge is 2.20. The van der Waals surface area contributed by atoms with E-state index in [2.05, 4.69) is 4.90 Å². The minimum Gasteiger partial charge on any atom is -0.309 e. The SMILES string of the molecule is Cc1cc(Cl)cc2sc(N(CCCN(C)C)C(=O)CCSc3ccc(Cl)cc3)nc12. The normalized spacial score (nSPS) is 11.4. The van der Waals surface area contributed by atoms with Crippen LogP contribution in [0, 0.1) is 6.92 Å². The molecule has 0 aliphatic carbocycles. The molecule has 3 rings (SSSR count). The molecule has 30 heavy (non-hydrogen) atoms. The Balaban J connectivity index is 1.73. The van der Waals surface area contributed by atoms with E-state index in [1.807, 2.05) is 62.3 Å². The molecular formula is C22H25Cl2N3OS2. The summed E-state index contributed by atoms with van der Waals surface area (Å²) in [5.41, 5.74) is 1.94. The molecule has 0 fully saturated rings. The molecule has 1 heterocycles. The highest BCUT2D eigenvalue weighted by molar-refractivity contribution is 7.99. The Morgan fingerprint density at radius 2 is 1.83 bits per heavy atom. The number of hydrogen-bond acceptors (Lipinski definition) is 5. The predicted molar refractivity (Wildman–Crippen MR) is 132 cm³/mol. The highest BCUT2D eigenvalue weighted by atomic mass is 35.5. The van der Waals surface area contributed by atoms with Crippen LogP contribution < -0.4 is 4.90 Å². The Hall–Kier alpha value is -1.31. The zero-order valence-corrected chi connectivity index (χ0v) is 20.5. The zero-order valence-electron chi connectivity index (χ0n) is 17.3. The number of amides is 1. The summed E-state index contributed by atoms with van der Waals surface area (Å²) in [4.78, 5) is 23.0. The van der Waals surface area contributed by atoms with E-state index >= 15 is 0 Å². The van der Waals surface area contributed by atoms with Gasteiger partial charge in [0.25, 0.3) is 0 Å². The number of carbonyl (C=O) groups excluding carboxylic acids is 1. The quantitative estimate of drug-likeness (QED) is 0.332. The van der Waals surface area contributed by atoms with Crippen LogP contribution in [0.5, 0.6) is 0 Å². The standard InChI is InChI=1S/C22H25Cl2N3OS2/c1-15-13-17(24)14-19-21(15)25-22(30-19)27(11-4-10-26(2)3)20(28)9-12-29-18-7-5-16(23)6-8-18/h5-8,13-14H,4,9-12H2,1-3H3. The second-order valence-electron chi connectivity index (χ2n) is 7.32. The van der Waals surface area contributed by atoms with Crippen LogP contribution in [0.4, 0.5) is 5.13 Å². The third kappa shape index (κ3) is 6.34. The molecule has 0 unspecified atom stereocenters. The van der Waals surface area contributed by atoms with Crippen molar-refractivity contribution in [2.24, 2.45) is 0 Å². The molecule has 2 aromatic carbocycles. The molecule has 3 aromatic rings. The topological polar surface area (TPSA) is 36.4 Å². The molecule has 0 atom stereocenters. The molecule has 0 radical (unpaired) electrons. The van der Waals surface area contributed by atoms with Crippen LogP contribution in [0.25, 0.3) is 10.2 Å². The average Bonchev–Trinajstić information content (AvgIpc) is 3.10. The summed E-state index contributed by atoms with van der Waals surface area (Å²) in [5.74, 6) is 0.804. The van der Waals surface area contributed by atoms with Crippen molar-refractivity contribution in [3.05, 3.63) is 52.0 Å². The minimum atomic E-state index is 0.0954. The lowest BCUT2D eigenvalue weighted by Crippen LogP contribution is -2.33. The van der Waals surface area contributed by atoms with Gasteiger partial charge in [-0.05, 0) is 75.9 Å². The van der Waals surface area contributed by atoms with Crippen LogP contribution in [0.2, 0.25) is 10.0 Å². The number of hydrogen-bond donors (Lipinski definition) is 0. The van der Waals surface area contributed by atoms with Gasteiger partial charge in [-0.2, -0.15) is 0 Å². The van der Waals surface area contributed by atoms with Crippen LogP contribution >= 0.6 is 46.3 Å². The summed E-state index contributed by atoms with van der Waals surface area (Å²) >= 11 is 15.3. The van der Waals surface area contributed by atoms with E-state index < -0.39 is 0 Å². The lowest BCUT2D eigenvalue weighted by molar-refractivity contribution is -0.118. The lowest BCUT2D eigenvalue weighted by atomic mass is 10.2. The molecule has 1 aromatic heterocycles. The van der Waals surface area contributed by atoms with Crippen LogP contribution in [-0.2, 0) is 4.79 Å². The van der Waals surface area contributed by atoms with Gasteiger partial charge in [0.2, 0.25) is 5.91 Å². The lowest BCUT2D eigenvalue weighted by Gasteiger charge is -2.21. The predicted octanol–water partition coefficient (Wildman–Crippen LogP) is 6.38. The molecule has 1 amide bonds. The maximum Gasteiger partial charge on any atom is 0.229 e. The van der Waals surface area contributed by atoms with Crippen molar-refractivity contribution in [1.29, 1.82) is 0 Å². The monoisotopic (exact) mass is 481 g/mol. The van der Waals surface area contributed by atoms with Crippen molar-refractivity contribution in [1.82, 2.24) is 9.88 Å². The number of thiazole rings is 1. The molecule has 0 aliphatic rings. The molecule has 0 spiro atoms. The van der Waals surface area contributed by atoms with Gasteiger partial charge in [-0.1, -0.05) is 34.5 Å². The third-order valence-corrected chi connectivity index (χ3v) is 7.07. The Kier molecular flexibility index (Phi) is 8.43. The van der Waals surface area contributed by atoms with Gasteiger partial charge >= 0.3 is 0 Å². The van der Waals surface area contributed by atoms with E-state index in [4.69, 9.17) is 28.2 Å². The number of nitrogens with zero attached hydrogens (tertiary/aromatic N) is 3. The Morgan fingerprint density at radius 1 is 1.10 bits per heavy atom. The van der Waals surface area contributed by atoms with Crippen molar-refractivity contribution in [3.63, 3.8) is 0 Å². The van der Waals surface area contributed by atoms with Crippen LogP contribution in [0.1, 0.15) is 18.4 Å². The van der Waals surface area contributed by atoms with Gasteiger partial charge in [0.05, 0.1) is 10.2 Å². The van der Waals surface area contributed by atoms with E-state index in [1.165, 1.54) is 11.3 Å². The fraction of sp³-hybridized carbons (Fsp3) is 0.364. The van der Waals surface area contributed by atoms with Crippen LogP contribution in [0.3, 0.4) is 0 Å². The molecule has 4 nitrogen and oxygen atoms in total. The van der Waals surface area contributed by atoms with E-state index in [-0.39, 0.29) is 5.91 Å². The fourth-order valence-corrected chi connectivity index (χ4v) is 5.48. The smallest absolute Gasteiger partial charge is 0.229 e. The molecule has 0 bridgehead atoms. The van der Waals surface area contributed by atoms with Crippen molar-refractivity contribution in [3.8, 4) is 0 Å². The number of aryl methyl sites for hydroxylation is 1. The number of benzene rings is 2. The van der Waals surface area contributed by atoms with Gasteiger partial charge in [-0.25, -0.2) is 4.98 Å². The van der Waals surface area contributed by atoms with Crippen LogP contribution in [-0.4, -0.2) is 48.7 Å². The second kappa shape index (κ2) is 10.8. The van der Waals surface area contributed by atoms with Crippen molar-refractivity contribution < 1.29 is 4.79 Å². The average molecular weight is 483 g/mol. The molecule has 8 heteroatoms. The van der Waals surface area contributed by atoms with Crippen LogP contribution in [0.15, 0.2) is 41.3 Å². The van der Waals surface area contributed by atoms with Gasteiger partial charge in [0, 0.05) is 33.7 Å². The molecule has 0 saturated carbocycles. The van der Waals surface area contributed by atoms with Gasteiger partial charge in [-0.3, -0.25) is 9.69 Å². The zero-order chi connectivity index (χ0) is 21.7. The number of carbonyl (C=O) groups is 1. The maximum absolute atomic E-state index is 13.1. The van der Waals surface area contributed by atoms with Gasteiger partial charge < -0.3 is 4.90 Å². The first-order chi connectivity index (χ1) is 14.3. The van der Waals surface area contributed by atoms with E-state index in [0.29, 0.717) is 28.8 Å². The first-order valence-electron chi connectivity index (χ1n) is 9.73. The number of anilines is 1. The van der Waals surface area contributed by atoms with E-state index in [1.54, 1.807) is 11.8 Å². The summed E-state index contributed by atoms with van der Waals surface area (Å²) in [6.45, 7) is 3.56. The number of aromatic nitrogens is 1. The van der Waals surface area contributed by atoms with Gasteiger partial charge in [-0.15, -0.1) is 11.8 Å². The highest BCUT2D eigenvalue weighted by Crippen LogP contribution is 2.33. The first-order valence-corrected chi connectivity index (χ1v) is 12.3. The summed E-state index contributed by atoms with van der Waals surface area (Å²) in [6, 6.07) is 11.5. The summed E-state index contributed by atoms with van der Waals surface area (Å²) in [7, 11) is 4.08. The maximum atomic E-state index is 13.1. The number of halogens is 2. The molecular weight excluding hydrogens is 457 g/mol. The largest absolute Gasteiger partial charge is 0.309 e. The Labute approximate surface area is 196 Å². The van der Waals surface area contributed by atoms with Crippen molar-refractivity contribution >= 4 is 67.6 Å². The summed E-state index contributed by atoms with van der Waals surface area (Å²) in [6.07, 6.45) is 1.34. The molecule has 0 N–H and O–H groups in total. The first kappa shape index (κ1) is 23.4. The summed E-state index contributed by atoms with van der Waals surface area (Å²) in [5, 5.41) is 2.16. The second-order valence-corrected chi connectivity index (χ2v) is 10.4. The fourth-order valence-electron chi connectivity index (χ4n) is 3.05. The van der Waals surface area contributed by atoms with Gasteiger partial charge in [0.1, 0.15) is 0 Å². The number of rotatable bonds is 9. The van der Waals surface area contributed by atoms with Crippen molar-refractivity contribution in [2.75, 3.05) is 37.8 Å². The van der Waals surface area contributed by atoms with Crippen molar-refractivity contribution in [2.45, 2.75) is 24.7 Å².